The van der Waals surface area contributed by atoms with Crippen LogP contribution in [0.4, 0.5) is 34.6 Å². The summed E-state index contributed by atoms with van der Waals surface area (Å²) < 4.78 is 51.0. The number of nitro groups is 1. The highest BCUT2D eigenvalue weighted by Gasteiger charge is 2.33. The summed E-state index contributed by atoms with van der Waals surface area (Å²) in [6.07, 6.45) is -4.80. The van der Waals surface area contributed by atoms with Gasteiger partial charge >= 0.3 is 6.18 Å². The summed E-state index contributed by atoms with van der Waals surface area (Å²) in [6.45, 7) is 1.57. The first kappa shape index (κ1) is 20.1. The third-order valence-electron chi connectivity index (χ3n) is 3.65. The molecule has 6 nitrogen and oxygen atoms in total. The zero-order chi connectivity index (χ0) is 20.2. The molecule has 2 aromatic carbocycles. The summed E-state index contributed by atoms with van der Waals surface area (Å²) >= 11 is 0. The number of hydrogen-bond donors (Lipinski definition) is 2. The number of nitrogens with zero attached hydrogens (tertiary/aromatic N) is 1. The molecular weight excluding hydrogens is 370 g/mol. The lowest BCUT2D eigenvalue weighted by molar-refractivity contribution is -0.384. The predicted molar refractivity (Wildman–Crippen MR) is 91.0 cm³/mol. The predicted octanol–water partition coefficient (Wildman–Crippen LogP) is 4.50. The van der Waals surface area contributed by atoms with Crippen molar-refractivity contribution in [2.24, 2.45) is 0 Å². The number of rotatable bonds is 6. The monoisotopic (exact) mass is 385 g/mol. The van der Waals surface area contributed by atoms with Gasteiger partial charge in [0, 0.05) is 24.7 Å². The Balaban J connectivity index is 2.00. The summed E-state index contributed by atoms with van der Waals surface area (Å²) in [7, 11) is 0. The molecule has 144 valence electrons. The molecule has 10 heteroatoms. The van der Waals surface area contributed by atoms with Crippen molar-refractivity contribution in [3.63, 3.8) is 0 Å². The van der Waals surface area contributed by atoms with E-state index in [2.05, 4.69) is 10.6 Å². The zero-order valence-electron chi connectivity index (χ0n) is 14.1. The Labute approximate surface area is 151 Å². The molecule has 2 N–H and O–H groups in total. The first-order valence-corrected chi connectivity index (χ1v) is 7.73. The fourth-order valence-electron chi connectivity index (χ4n) is 2.30. The molecule has 2 rings (SSSR count). The van der Waals surface area contributed by atoms with Gasteiger partial charge in [0.25, 0.3) is 5.69 Å². The Morgan fingerprint density at radius 3 is 2.41 bits per heavy atom. The van der Waals surface area contributed by atoms with Gasteiger partial charge in [-0.25, -0.2) is 4.39 Å². The van der Waals surface area contributed by atoms with Gasteiger partial charge in [-0.3, -0.25) is 14.9 Å². The molecule has 0 aliphatic carbocycles. The third-order valence-corrected chi connectivity index (χ3v) is 3.65. The molecule has 0 bridgehead atoms. The van der Waals surface area contributed by atoms with Gasteiger partial charge < -0.3 is 10.6 Å². The number of carbonyl (C=O) groups is 1. The van der Waals surface area contributed by atoms with E-state index in [0.717, 1.165) is 12.1 Å². The number of anilines is 2. The van der Waals surface area contributed by atoms with Crippen LogP contribution < -0.4 is 10.6 Å². The molecule has 2 aromatic rings. The van der Waals surface area contributed by atoms with Gasteiger partial charge in [0.1, 0.15) is 11.5 Å². The molecule has 0 aliphatic rings. The van der Waals surface area contributed by atoms with Crippen molar-refractivity contribution in [2.45, 2.75) is 19.5 Å². The van der Waals surface area contributed by atoms with E-state index in [9.17, 15) is 32.5 Å². The Bertz CT molecular complexity index is 869. The van der Waals surface area contributed by atoms with Gasteiger partial charge in [-0.1, -0.05) is 0 Å². The van der Waals surface area contributed by atoms with Crippen LogP contribution in [0.3, 0.4) is 0 Å². The second-order valence-electron chi connectivity index (χ2n) is 5.67. The van der Waals surface area contributed by atoms with Crippen molar-refractivity contribution in [3.8, 4) is 0 Å². The van der Waals surface area contributed by atoms with Gasteiger partial charge in [0.2, 0.25) is 5.91 Å². The quantitative estimate of drug-likeness (QED) is 0.436. The van der Waals surface area contributed by atoms with Crippen LogP contribution in [0, 0.1) is 22.9 Å². The van der Waals surface area contributed by atoms with Gasteiger partial charge in [-0.15, -0.1) is 0 Å². The second-order valence-corrected chi connectivity index (χ2v) is 5.67. The molecule has 0 spiro atoms. The second kappa shape index (κ2) is 8.02. The molecule has 0 radical (unpaired) electrons. The zero-order valence-corrected chi connectivity index (χ0v) is 14.1. The van der Waals surface area contributed by atoms with Crippen LogP contribution in [0.1, 0.15) is 17.5 Å². The molecule has 0 atom stereocenters. The van der Waals surface area contributed by atoms with E-state index >= 15 is 0 Å². The first-order chi connectivity index (χ1) is 12.6. The Kier molecular flexibility index (Phi) is 5.98. The fourth-order valence-corrected chi connectivity index (χ4v) is 2.30. The SMILES string of the molecule is Cc1cc(F)ccc1NC(=O)CCNc1ccc(C(F)(F)F)cc1[N+](=O)[O-]. The van der Waals surface area contributed by atoms with Crippen LogP contribution >= 0.6 is 0 Å². The largest absolute Gasteiger partial charge is 0.416 e. The fraction of sp³-hybridized carbons (Fsp3) is 0.235. The maximum absolute atomic E-state index is 13.0. The first-order valence-electron chi connectivity index (χ1n) is 7.73. The van der Waals surface area contributed by atoms with E-state index in [1.54, 1.807) is 6.92 Å². The van der Waals surface area contributed by atoms with Crippen LogP contribution in [0.5, 0.6) is 0 Å². The molecular formula is C17H15F4N3O3. The van der Waals surface area contributed by atoms with Crippen molar-refractivity contribution in [1.29, 1.82) is 0 Å². The van der Waals surface area contributed by atoms with Crippen LogP contribution in [-0.2, 0) is 11.0 Å². The van der Waals surface area contributed by atoms with Crippen molar-refractivity contribution in [2.75, 3.05) is 17.2 Å². The van der Waals surface area contributed by atoms with E-state index in [0.29, 0.717) is 17.3 Å². The topological polar surface area (TPSA) is 84.3 Å². The van der Waals surface area contributed by atoms with E-state index in [1.807, 2.05) is 0 Å². The smallest absolute Gasteiger partial charge is 0.379 e. The lowest BCUT2D eigenvalue weighted by Crippen LogP contribution is -2.17. The van der Waals surface area contributed by atoms with Gasteiger partial charge in [0.05, 0.1) is 10.5 Å². The normalized spacial score (nSPS) is 11.1. The lowest BCUT2D eigenvalue weighted by Gasteiger charge is -2.11. The standard InChI is InChI=1S/C17H15F4N3O3/c1-10-8-12(18)3-5-13(10)23-16(25)6-7-22-14-4-2-11(17(19,20)21)9-15(14)24(26)27/h2-5,8-9,22H,6-7H2,1H3,(H,23,25). The molecule has 1 amide bonds. The number of nitrogens with one attached hydrogen (secondary N) is 2. The minimum Gasteiger partial charge on any atom is -0.379 e. The number of aryl methyl sites for hydroxylation is 1. The molecule has 0 saturated carbocycles. The Morgan fingerprint density at radius 1 is 1.15 bits per heavy atom. The Hall–Kier alpha value is -3.17. The number of alkyl halides is 3. The maximum Gasteiger partial charge on any atom is 0.416 e. The summed E-state index contributed by atoms with van der Waals surface area (Å²) in [5.41, 5.74) is -1.06. The van der Waals surface area contributed by atoms with Crippen molar-refractivity contribution < 1.29 is 27.3 Å². The highest BCUT2D eigenvalue weighted by atomic mass is 19.4. The average molecular weight is 385 g/mol. The molecule has 0 saturated heterocycles. The number of nitro benzene ring substituents is 1. The molecule has 0 unspecified atom stereocenters. The number of benzene rings is 2. The third kappa shape index (κ3) is 5.40. The van der Waals surface area contributed by atoms with Gasteiger partial charge in [0.15, 0.2) is 0 Å². The van der Waals surface area contributed by atoms with Crippen LogP contribution in [0.25, 0.3) is 0 Å². The summed E-state index contributed by atoms with van der Waals surface area (Å²) in [5, 5.41) is 16.1. The van der Waals surface area contributed by atoms with Crippen molar-refractivity contribution in [1.82, 2.24) is 0 Å². The molecule has 0 fully saturated rings. The van der Waals surface area contributed by atoms with Gasteiger partial charge in [-0.05, 0) is 42.8 Å². The van der Waals surface area contributed by atoms with Crippen molar-refractivity contribution in [3.05, 3.63) is 63.5 Å². The summed E-state index contributed by atoms with van der Waals surface area (Å²) in [4.78, 5) is 22.0. The summed E-state index contributed by atoms with van der Waals surface area (Å²) in [6, 6.07) is 5.94. The van der Waals surface area contributed by atoms with Crippen LogP contribution in [-0.4, -0.2) is 17.4 Å². The molecule has 0 aliphatic heterocycles. The minimum absolute atomic E-state index is 0.0434. The van der Waals surface area contributed by atoms with E-state index in [1.165, 1.54) is 18.2 Å². The molecule has 0 aromatic heterocycles. The van der Waals surface area contributed by atoms with E-state index in [-0.39, 0.29) is 18.7 Å². The Morgan fingerprint density at radius 2 is 1.81 bits per heavy atom. The lowest BCUT2D eigenvalue weighted by atomic mass is 10.1. The number of hydrogen-bond acceptors (Lipinski definition) is 4. The number of halogens is 4. The van der Waals surface area contributed by atoms with Crippen LogP contribution in [0.15, 0.2) is 36.4 Å². The highest BCUT2D eigenvalue weighted by molar-refractivity contribution is 5.91. The minimum atomic E-state index is -4.70. The van der Waals surface area contributed by atoms with Crippen molar-refractivity contribution >= 4 is 23.0 Å². The number of amides is 1. The summed E-state index contributed by atoms with van der Waals surface area (Å²) in [5.74, 6) is -0.881. The molecule has 27 heavy (non-hydrogen) atoms. The maximum atomic E-state index is 13.0. The number of carbonyl (C=O) groups excluding carboxylic acids is 1. The average Bonchev–Trinajstić information content (AvgIpc) is 2.56. The molecule has 0 heterocycles. The van der Waals surface area contributed by atoms with Gasteiger partial charge in [-0.2, -0.15) is 13.2 Å². The highest BCUT2D eigenvalue weighted by Crippen LogP contribution is 2.34. The van der Waals surface area contributed by atoms with Crippen LogP contribution in [0.2, 0.25) is 0 Å². The van der Waals surface area contributed by atoms with E-state index in [4.69, 9.17) is 0 Å². The van der Waals surface area contributed by atoms with E-state index < -0.39 is 34.1 Å².